The molecule has 0 bridgehead atoms. The molecule has 0 aromatic heterocycles. The van der Waals surface area contributed by atoms with Crippen LogP contribution in [0.4, 0.5) is 4.79 Å². The van der Waals surface area contributed by atoms with Crippen molar-refractivity contribution < 1.29 is 38.1 Å². The summed E-state index contributed by atoms with van der Waals surface area (Å²) in [5.41, 5.74) is -0.482. The first kappa shape index (κ1) is 29.0. The van der Waals surface area contributed by atoms with Gasteiger partial charge in [-0.25, -0.2) is 14.6 Å². The summed E-state index contributed by atoms with van der Waals surface area (Å²) < 4.78 is 26.1. The molecular formula is C21H38N2O8. The molecule has 0 fully saturated rings. The number of ether oxygens (including phenoxy) is 5. The molecule has 0 saturated carbocycles. The number of carbonyl (C=O) groups excluding carboxylic acids is 3. The fourth-order valence-electron chi connectivity index (χ4n) is 2.24. The molecule has 0 aromatic carbocycles. The third kappa shape index (κ3) is 24.1. The molecule has 0 spiro atoms. The van der Waals surface area contributed by atoms with Crippen LogP contribution < -0.4 is 5.32 Å². The lowest BCUT2D eigenvalue weighted by Gasteiger charge is -2.19. The summed E-state index contributed by atoms with van der Waals surface area (Å²) in [6, 6.07) is 0. The number of nitrogens with zero attached hydrogens (tertiary/aromatic N) is 1. The third-order valence-electron chi connectivity index (χ3n) is 3.61. The molecule has 0 aromatic rings. The van der Waals surface area contributed by atoms with E-state index in [4.69, 9.17) is 23.7 Å². The maximum Gasteiger partial charge on any atom is 0.407 e. The minimum absolute atomic E-state index is 0.170. The normalized spacial score (nSPS) is 10.9. The minimum Gasteiger partial charge on any atom is -0.460 e. The van der Waals surface area contributed by atoms with Gasteiger partial charge in [0.05, 0.1) is 52.6 Å². The zero-order valence-electron chi connectivity index (χ0n) is 19.1. The van der Waals surface area contributed by atoms with Crippen LogP contribution in [0.3, 0.4) is 0 Å². The highest BCUT2D eigenvalue weighted by Gasteiger charge is 2.15. The quantitative estimate of drug-likeness (QED) is 0.139. The monoisotopic (exact) mass is 446 g/mol. The number of alkyl carbamates (subject to hydrolysis) is 1. The van der Waals surface area contributed by atoms with E-state index in [0.717, 1.165) is 25.7 Å². The number of carbonyl (C=O) groups is 2. The van der Waals surface area contributed by atoms with Crippen molar-refractivity contribution >= 4 is 18.1 Å². The Morgan fingerprint density at radius 3 is 2.03 bits per heavy atom. The van der Waals surface area contributed by atoms with Crippen LogP contribution in [0.25, 0.3) is 0 Å². The van der Waals surface area contributed by atoms with E-state index >= 15 is 0 Å². The van der Waals surface area contributed by atoms with Gasteiger partial charge in [0.2, 0.25) is 6.08 Å². The van der Waals surface area contributed by atoms with Gasteiger partial charge in [-0.2, -0.15) is 0 Å². The van der Waals surface area contributed by atoms with Gasteiger partial charge in [0, 0.05) is 6.54 Å². The van der Waals surface area contributed by atoms with Crippen LogP contribution >= 0.6 is 0 Å². The van der Waals surface area contributed by atoms with E-state index in [0.29, 0.717) is 52.7 Å². The summed E-state index contributed by atoms with van der Waals surface area (Å²) in [6.45, 7) is 8.86. The van der Waals surface area contributed by atoms with Crippen LogP contribution in [-0.4, -0.2) is 83.1 Å². The van der Waals surface area contributed by atoms with Crippen LogP contribution in [0, 0.1) is 0 Å². The van der Waals surface area contributed by atoms with Crippen LogP contribution in [-0.2, 0) is 33.3 Å². The first-order valence-electron chi connectivity index (χ1n) is 10.7. The largest absolute Gasteiger partial charge is 0.460 e. The number of isocyanates is 1. The molecule has 180 valence electrons. The van der Waals surface area contributed by atoms with Gasteiger partial charge in [0.1, 0.15) is 12.2 Å². The zero-order chi connectivity index (χ0) is 23.2. The van der Waals surface area contributed by atoms with E-state index in [1.54, 1.807) is 0 Å². The van der Waals surface area contributed by atoms with Crippen molar-refractivity contribution in [3.63, 3.8) is 0 Å². The zero-order valence-corrected chi connectivity index (χ0v) is 19.1. The number of hydrogen-bond acceptors (Lipinski definition) is 9. The van der Waals surface area contributed by atoms with Crippen molar-refractivity contribution in [1.29, 1.82) is 0 Å². The van der Waals surface area contributed by atoms with Crippen LogP contribution in [0.5, 0.6) is 0 Å². The summed E-state index contributed by atoms with van der Waals surface area (Å²) in [5.74, 6) is -0.282. The van der Waals surface area contributed by atoms with Gasteiger partial charge in [-0.1, -0.05) is 12.8 Å². The fourth-order valence-corrected chi connectivity index (χ4v) is 2.24. The predicted molar refractivity (Wildman–Crippen MR) is 114 cm³/mol. The molecule has 0 atom stereocenters. The lowest BCUT2D eigenvalue weighted by molar-refractivity contribution is -0.156. The molecule has 0 unspecified atom stereocenters. The SMILES string of the molecule is CC(C)(C)OC(=O)CCOCCOCCOCCOC(=O)NCCCCCCN=C=O. The molecule has 31 heavy (non-hydrogen) atoms. The van der Waals surface area contributed by atoms with E-state index in [1.807, 2.05) is 20.8 Å². The highest BCUT2D eigenvalue weighted by atomic mass is 16.6. The van der Waals surface area contributed by atoms with Gasteiger partial charge in [0.25, 0.3) is 0 Å². The number of unbranched alkanes of at least 4 members (excludes halogenated alkanes) is 3. The highest BCUT2D eigenvalue weighted by Crippen LogP contribution is 2.08. The van der Waals surface area contributed by atoms with E-state index in [9.17, 15) is 14.4 Å². The van der Waals surface area contributed by atoms with Crippen molar-refractivity contribution in [1.82, 2.24) is 5.32 Å². The summed E-state index contributed by atoms with van der Waals surface area (Å²) in [4.78, 5) is 36.3. The van der Waals surface area contributed by atoms with Crippen LogP contribution in [0.15, 0.2) is 4.99 Å². The minimum atomic E-state index is -0.482. The standard InChI is InChI=1S/C21H38N2O8/c1-21(2,3)31-19(25)8-11-27-12-13-28-14-15-29-16-17-30-20(26)23-10-7-5-4-6-9-22-18-24/h4-17H2,1-3H3,(H,23,26). The number of amides is 1. The Hall–Kier alpha value is -2.00. The topological polar surface area (TPSA) is 122 Å². The second-order valence-corrected chi connectivity index (χ2v) is 7.62. The van der Waals surface area contributed by atoms with Gasteiger partial charge in [-0.05, 0) is 33.6 Å². The Morgan fingerprint density at radius 1 is 0.839 bits per heavy atom. The second-order valence-electron chi connectivity index (χ2n) is 7.62. The van der Waals surface area contributed by atoms with Gasteiger partial charge in [-0.15, -0.1) is 0 Å². The van der Waals surface area contributed by atoms with Crippen molar-refractivity contribution in [2.75, 3.05) is 59.3 Å². The lowest BCUT2D eigenvalue weighted by atomic mass is 10.2. The van der Waals surface area contributed by atoms with Crippen molar-refractivity contribution in [3.8, 4) is 0 Å². The summed E-state index contributed by atoms with van der Waals surface area (Å²) in [5, 5.41) is 2.67. The number of esters is 1. The first-order valence-corrected chi connectivity index (χ1v) is 10.7. The smallest absolute Gasteiger partial charge is 0.407 e. The molecule has 10 nitrogen and oxygen atoms in total. The number of aliphatic imine (C=N–C) groups is 1. The predicted octanol–water partition coefficient (Wildman–Crippen LogP) is 2.39. The first-order chi connectivity index (χ1) is 14.8. The molecule has 0 saturated heterocycles. The van der Waals surface area contributed by atoms with Gasteiger partial charge < -0.3 is 29.0 Å². The maximum absolute atomic E-state index is 11.5. The van der Waals surface area contributed by atoms with E-state index < -0.39 is 11.7 Å². The van der Waals surface area contributed by atoms with Crippen molar-refractivity contribution in [3.05, 3.63) is 0 Å². The second kappa shape index (κ2) is 19.9. The third-order valence-corrected chi connectivity index (χ3v) is 3.61. The van der Waals surface area contributed by atoms with Crippen molar-refractivity contribution in [2.24, 2.45) is 4.99 Å². The molecule has 0 aliphatic rings. The Kier molecular flexibility index (Phi) is 18.6. The van der Waals surface area contributed by atoms with E-state index in [1.165, 1.54) is 6.08 Å². The molecule has 0 aliphatic heterocycles. The summed E-state index contributed by atoms with van der Waals surface area (Å²) in [7, 11) is 0. The molecule has 0 aliphatic carbocycles. The molecule has 1 amide bonds. The Labute approximate surface area is 185 Å². The molecule has 1 N–H and O–H groups in total. The average Bonchev–Trinajstić information content (AvgIpc) is 2.69. The van der Waals surface area contributed by atoms with E-state index in [-0.39, 0.29) is 19.0 Å². The fraction of sp³-hybridized carbons (Fsp3) is 0.857. The number of rotatable bonds is 19. The lowest BCUT2D eigenvalue weighted by Crippen LogP contribution is -2.26. The molecular weight excluding hydrogens is 408 g/mol. The van der Waals surface area contributed by atoms with Gasteiger partial charge in [0.15, 0.2) is 0 Å². The summed E-state index contributed by atoms with van der Waals surface area (Å²) in [6.07, 6.45) is 4.86. The Bertz CT molecular complexity index is 516. The molecule has 0 radical (unpaired) electrons. The number of nitrogens with one attached hydrogen (secondary N) is 1. The molecule has 10 heteroatoms. The Morgan fingerprint density at radius 2 is 1.42 bits per heavy atom. The van der Waals surface area contributed by atoms with Crippen molar-refractivity contribution in [2.45, 2.75) is 58.5 Å². The van der Waals surface area contributed by atoms with E-state index in [2.05, 4.69) is 10.3 Å². The summed E-state index contributed by atoms with van der Waals surface area (Å²) >= 11 is 0. The highest BCUT2D eigenvalue weighted by molar-refractivity contribution is 5.69. The van der Waals surface area contributed by atoms with Gasteiger partial charge >= 0.3 is 12.1 Å². The Balaban J connectivity index is 3.27. The average molecular weight is 447 g/mol. The molecule has 0 heterocycles. The van der Waals surface area contributed by atoms with Gasteiger partial charge in [-0.3, -0.25) is 4.79 Å². The van der Waals surface area contributed by atoms with Crippen LogP contribution in [0.2, 0.25) is 0 Å². The number of hydrogen-bond donors (Lipinski definition) is 1. The maximum atomic E-state index is 11.5. The molecule has 0 rings (SSSR count). The van der Waals surface area contributed by atoms with Crippen LogP contribution in [0.1, 0.15) is 52.9 Å².